The van der Waals surface area contributed by atoms with Crippen molar-refractivity contribution in [3.05, 3.63) is 23.9 Å². The molecule has 1 aromatic rings. The SMILES string of the molecule is CCC(CCO)CNc1ncccc1C(=O)O. The van der Waals surface area contributed by atoms with Gasteiger partial charge in [0.15, 0.2) is 0 Å². The standard InChI is InChI=1S/C12H18N2O3/c1-2-9(5-7-15)8-14-11-10(12(16)17)4-3-6-13-11/h3-4,6,9,15H,2,5,7-8H2,1H3,(H,13,14)(H,16,17). The number of aromatic nitrogens is 1. The predicted molar refractivity (Wildman–Crippen MR) is 65.2 cm³/mol. The van der Waals surface area contributed by atoms with Crippen LogP contribution < -0.4 is 5.32 Å². The molecule has 0 aliphatic carbocycles. The summed E-state index contributed by atoms with van der Waals surface area (Å²) in [6, 6.07) is 3.12. The fourth-order valence-electron chi connectivity index (χ4n) is 1.59. The summed E-state index contributed by atoms with van der Waals surface area (Å²) in [6.07, 6.45) is 3.20. The van der Waals surface area contributed by atoms with Crippen LogP contribution in [0.2, 0.25) is 0 Å². The number of anilines is 1. The molecule has 0 aromatic carbocycles. The maximum Gasteiger partial charge on any atom is 0.339 e. The van der Waals surface area contributed by atoms with Gasteiger partial charge in [0.2, 0.25) is 0 Å². The zero-order valence-electron chi connectivity index (χ0n) is 9.89. The van der Waals surface area contributed by atoms with Crippen molar-refractivity contribution in [3.8, 4) is 0 Å². The molecule has 0 saturated carbocycles. The Balaban J connectivity index is 2.65. The van der Waals surface area contributed by atoms with E-state index in [1.54, 1.807) is 12.3 Å². The van der Waals surface area contributed by atoms with Gasteiger partial charge in [-0.3, -0.25) is 0 Å². The predicted octanol–water partition coefficient (Wildman–Crippen LogP) is 1.60. The van der Waals surface area contributed by atoms with Gasteiger partial charge in [-0.25, -0.2) is 9.78 Å². The molecule has 3 N–H and O–H groups in total. The number of carboxylic acid groups (broad SMARTS) is 1. The molecular weight excluding hydrogens is 220 g/mol. The van der Waals surface area contributed by atoms with Crippen molar-refractivity contribution in [3.63, 3.8) is 0 Å². The summed E-state index contributed by atoms with van der Waals surface area (Å²) < 4.78 is 0. The summed E-state index contributed by atoms with van der Waals surface area (Å²) in [7, 11) is 0. The van der Waals surface area contributed by atoms with Gasteiger partial charge in [0.25, 0.3) is 0 Å². The number of nitrogens with one attached hydrogen (secondary N) is 1. The maximum absolute atomic E-state index is 10.9. The summed E-state index contributed by atoms with van der Waals surface area (Å²) in [5.74, 6) is -0.282. The highest BCUT2D eigenvalue weighted by atomic mass is 16.4. The van der Waals surface area contributed by atoms with Crippen LogP contribution in [0, 0.1) is 5.92 Å². The molecule has 17 heavy (non-hydrogen) atoms. The lowest BCUT2D eigenvalue weighted by Crippen LogP contribution is -2.17. The highest BCUT2D eigenvalue weighted by Crippen LogP contribution is 2.14. The topological polar surface area (TPSA) is 82.5 Å². The van der Waals surface area contributed by atoms with Gasteiger partial charge in [0.1, 0.15) is 11.4 Å². The normalized spacial score (nSPS) is 12.1. The number of aliphatic hydroxyl groups is 1. The zero-order chi connectivity index (χ0) is 12.7. The van der Waals surface area contributed by atoms with E-state index in [4.69, 9.17) is 10.2 Å². The number of rotatable bonds is 7. The van der Waals surface area contributed by atoms with Crippen molar-refractivity contribution in [2.45, 2.75) is 19.8 Å². The first-order chi connectivity index (χ1) is 8.19. The van der Waals surface area contributed by atoms with Crippen molar-refractivity contribution in [1.29, 1.82) is 0 Å². The third-order valence-corrected chi connectivity index (χ3v) is 2.71. The van der Waals surface area contributed by atoms with E-state index >= 15 is 0 Å². The summed E-state index contributed by atoms with van der Waals surface area (Å²) in [4.78, 5) is 15.0. The number of hydrogen-bond acceptors (Lipinski definition) is 4. The zero-order valence-corrected chi connectivity index (χ0v) is 9.89. The van der Waals surface area contributed by atoms with Crippen LogP contribution in [-0.4, -0.2) is 34.3 Å². The van der Waals surface area contributed by atoms with Crippen molar-refractivity contribution in [2.75, 3.05) is 18.5 Å². The van der Waals surface area contributed by atoms with Crippen molar-refractivity contribution >= 4 is 11.8 Å². The first-order valence-corrected chi connectivity index (χ1v) is 5.72. The highest BCUT2D eigenvalue weighted by Gasteiger charge is 2.12. The molecule has 5 nitrogen and oxygen atoms in total. The van der Waals surface area contributed by atoms with Crippen LogP contribution in [0.1, 0.15) is 30.1 Å². The molecule has 1 atom stereocenters. The molecule has 1 rings (SSSR count). The van der Waals surface area contributed by atoms with Gasteiger partial charge in [-0.15, -0.1) is 0 Å². The molecule has 0 aliphatic heterocycles. The van der Waals surface area contributed by atoms with E-state index in [0.29, 0.717) is 24.7 Å². The lowest BCUT2D eigenvalue weighted by Gasteiger charge is -2.15. The molecule has 0 radical (unpaired) electrons. The first-order valence-electron chi connectivity index (χ1n) is 5.72. The Hall–Kier alpha value is -1.62. The average molecular weight is 238 g/mol. The molecule has 1 heterocycles. The van der Waals surface area contributed by atoms with Gasteiger partial charge in [-0.2, -0.15) is 0 Å². The van der Waals surface area contributed by atoms with Gasteiger partial charge in [-0.1, -0.05) is 13.3 Å². The quantitative estimate of drug-likeness (QED) is 0.672. The number of carboxylic acids is 1. The Labute approximate surface area is 101 Å². The number of aromatic carboxylic acids is 1. The number of hydrogen-bond donors (Lipinski definition) is 3. The smallest absolute Gasteiger partial charge is 0.339 e. The van der Waals surface area contributed by atoms with Crippen LogP contribution in [0.5, 0.6) is 0 Å². The maximum atomic E-state index is 10.9. The largest absolute Gasteiger partial charge is 0.478 e. The molecule has 94 valence electrons. The van der Waals surface area contributed by atoms with E-state index in [0.717, 1.165) is 6.42 Å². The van der Waals surface area contributed by atoms with E-state index in [-0.39, 0.29) is 12.2 Å². The lowest BCUT2D eigenvalue weighted by atomic mass is 10.0. The number of aliphatic hydroxyl groups excluding tert-OH is 1. The fourth-order valence-corrected chi connectivity index (χ4v) is 1.59. The minimum absolute atomic E-state index is 0.147. The molecule has 0 aliphatic rings. The molecule has 0 fully saturated rings. The van der Waals surface area contributed by atoms with Gasteiger partial charge < -0.3 is 15.5 Å². The molecule has 1 unspecified atom stereocenters. The molecule has 0 amide bonds. The molecule has 0 bridgehead atoms. The van der Waals surface area contributed by atoms with Gasteiger partial charge in [0, 0.05) is 19.3 Å². The van der Waals surface area contributed by atoms with Crippen molar-refractivity contribution in [2.24, 2.45) is 5.92 Å². The molecule has 0 spiro atoms. The minimum Gasteiger partial charge on any atom is -0.478 e. The molecule has 0 saturated heterocycles. The second-order valence-corrected chi connectivity index (χ2v) is 3.87. The number of carbonyl (C=O) groups is 1. The summed E-state index contributed by atoms with van der Waals surface area (Å²) in [5, 5.41) is 20.9. The highest BCUT2D eigenvalue weighted by molar-refractivity contribution is 5.92. The van der Waals surface area contributed by atoms with E-state index in [2.05, 4.69) is 10.3 Å². The van der Waals surface area contributed by atoms with E-state index < -0.39 is 5.97 Å². The van der Waals surface area contributed by atoms with Crippen LogP contribution in [-0.2, 0) is 0 Å². The molecule has 1 aromatic heterocycles. The monoisotopic (exact) mass is 238 g/mol. The van der Waals surface area contributed by atoms with E-state index in [1.807, 2.05) is 6.92 Å². The van der Waals surface area contributed by atoms with Crippen molar-refractivity contribution in [1.82, 2.24) is 4.98 Å². The Morgan fingerprint density at radius 3 is 2.94 bits per heavy atom. The van der Waals surface area contributed by atoms with Gasteiger partial charge in [-0.05, 0) is 24.5 Å². The third kappa shape index (κ3) is 4.03. The summed E-state index contributed by atoms with van der Waals surface area (Å²) in [6.45, 7) is 2.81. The van der Waals surface area contributed by atoms with E-state index in [9.17, 15) is 4.79 Å². The Morgan fingerprint density at radius 2 is 2.35 bits per heavy atom. The third-order valence-electron chi connectivity index (χ3n) is 2.71. The number of nitrogens with zero attached hydrogens (tertiary/aromatic N) is 1. The van der Waals surface area contributed by atoms with Gasteiger partial charge >= 0.3 is 5.97 Å². The Bertz CT molecular complexity index is 369. The van der Waals surface area contributed by atoms with Crippen LogP contribution in [0.25, 0.3) is 0 Å². The minimum atomic E-state index is -0.990. The second-order valence-electron chi connectivity index (χ2n) is 3.87. The van der Waals surface area contributed by atoms with Crippen LogP contribution in [0.15, 0.2) is 18.3 Å². The first kappa shape index (κ1) is 13.4. The van der Waals surface area contributed by atoms with Gasteiger partial charge in [0.05, 0.1) is 0 Å². The summed E-state index contributed by atoms with van der Waals surface area (Å²) >= 11 is 0. The Morgan fingerprint density at radius 1 is 1.59 bits per heavy atom. The molecular formula is C12H18N2O3. The fraction of sp³-hybridized carbons (Fsp3) is 0.500. The average Bonchev–Trinajstić information content (AvgIpc) is 2.34. The van der Waals surface area contributed by atoms with Crippen LogP contribution in [0.4, 0.5) is 5.82 Å². The number of pyridine rings is 1. The van der Waals surface area contributed by atoms with Crippen LogP contribution >= 0.6 is 0 Å². The lowest BCUT2D eigenvalue weighted by molar-refractivity contribution is 0.0697. The second kappa shape index (κ2) is 6.85. The van der Waals surface area contributed by atoms with Crippen LogP contribution in [0.3, 0.4) is 0 Å². The van der Waals surface area contributed by atoms with Crippen molar-refractivity contribution < 1.29 is 15.0 Å². The summed E-state index contributed by atoms with van der Waals surface area (Å²) in [5.41, 5.74) is 0.173. The van der Waals surface area contributed by atoms with E-state index in [1.165, 1.54) is 6.07 Å². The Kier molecular flexibility index (Phi) is 5.42. The molecule has 5 heteroatoms.